The number of aryl methyl sites for hydroxylation is 1. The molecule has 6 heterocycles. The highest BCUT2D eigenvalue weighted by Crippen LogP contribution is 2.33. The van der Waals surface area contributed by atoms with Crippen molar-refractivity contribution >= 4 is 75.2 Å². The minimum atomic E-state index is -0.987. The Balaban J connectivity index is 0.848. The number of carbonyl (C=O) groups excluding carboxylic acids is 5. The van der Waals surface area contributed by atoms with Crippen LogP contribution < -0.4 is 36.0 Å². The highest BCUT2D eigenvalue weighted by molar-refractivity contribution is 6.33. The average molecular weight is 825 g/mol. The third-order valence-corrected chi connectivity index (χ3v) is 11.9. The molecule has 18 heteroatoms. The number of likely N-dealkylation sites (N-methyl/N-ethyl adjacent to an activating group) is 1. The van der Waals surface area contributed by atoms with Crippen LogP contribution in [-0.4, -0.2) is 119 Å². The molecule has 0 spiro atoms. The van der Waals surface area contributed by atoms with Crippen LogP contribution in [0, 0.1) is 5.92 Å². The third kappa shape index (κ3) is 8.04. The van der Waals surface area contributed by atoms with E-state index in [-0.39, 0.29) is 47.8 Å². The molecule has 8 rings (SSSR count). The summed E-state index contributed by atoms with van der Waals surface area (Å²) in [7, 11) is 1.51. The summed E-state index contributed by atoms with van der Waals surface area (Å²) in [6.07, 6.45) is 3.76. The summed E-state index contributed by atoms with van der Waals surface area (Å²) < 4.78 is 7.16. The lowest BCUT2D eigenvalue weighted by Crippen LogP contribution is -2.54. The standard InChI is InChI=1S/C41H45ClN10O7/c1-3-51-31-7-4-26(18-25(31)19-33(40(51)58)59-23-35(54)43-2)45-36-30(42)21-44-41(47-36)50-12-10-24(11-13-50)22-48-14-16-49(17-15-48)27-5-6-28-29(20-27)39(57)52(38(28)56)32-8-9-34(53)46-37(32)55/h4-7,18-21,24,32H,3,8-17,22-23H2,1-2H3,(H,43,54)(H,44,45,47)(H,46,53,55). The van der Waals surface area contributed by atoms with Gasteiger partial charge in [-0.25, -0.2) is 4.98 Å². The van der Waals surface area contributed by atoms with Gasteiger partial charge in [0.05, 0.1) is 22.8 Å². The largest absolute Gasteiger partial charge is 0.478 e. The molecule has 3 saturated heterocycles. The first-order valence-electron chi connectivity index (χ1n) is 19.9. The number of pyridine rings is 1. The van der Waals surface area contributed by atoms with E-state index in [2.05, 4.69) is 35.6 Å². The van der Waals surface area contributed by atoms with E-state index in [1.54, 1.807) is 29.0 Å². The molecule has 0 radical (unpaired) electrons. The quantitative estimate of drug-likeness (QED) is 0.187. The molecule has 308 valence electrons. The van der Waals surface area contributed by atoms with Crippen molar-refractivity contribution in [2.45, 2.75) is 45.2 Å². The molecule has 4 aliphatic rings. The van der Waals surface area contributed by atoms with Gasteiger partial charge in [0.2, 0.25) is 17.8 Å². The molecule has 17 nitrogen and oxygen atoms in total. The molecule has 3 fully saturated rings. The number of benzene rings is 2. The van der Waals surface area contributed by atoms with Crippen molar-refractivity contribution in [2.75, 3.05) is 74.6 Å². The van der Waals surface area contributed by atoms with Crippen LogP contribution in [0.5, 0.6) is 5.75 Å². The van der Waals surface area contributed by atoms with Gasteiger partial charge in [-0.1, -0.05) is 11.6 Å². The minimum Gasteiger partial charge on any atom is -0.478 e. The van der Waals surface area contributed by atoms with E-state index in [0.717, 1.165) is 80.1 Å². The lowest BCUT2D eigenvalue weighted by molar-refractivity contribution is -0.136. The Morgan fingerprint density at radius 1 is 0.915 bits per heavy atom. The monoisotopic (exact) mass is 824 g/mol. The molecule has 0 saturated carbocycles. The molecule has 2 aromatic carbocycles. The van der Waals surface area contributed by atoms with Crippen LogP contribution in [0.1, 0.15) is 53.3 Å². The molecule has 3 N–H and O–H groups in total. The predicted molar refractivity (Wildman–Crippen MR) is 220 cm³/mol. The van der Waals surface area contributed by atoms with Crippen LogP contribution in [0.25, 0.3) is 10.9 Å². The molecule has 0 bridgehead atoms. The lowest BCUT2D eigenvalue weighted by atomic mass is 9.96. The maximum absolute atomic E-state index is 13.3. The highest BCUT2D eigenvalue weighted by Gasteiger charge is 2.45. The number of fused-ring (bicyclic) bond motifs is 2. The number of anilines is 4. The van der Waals surface area contributed by atoms with Crippen LogP contribution >= 0.6 is 11.6 Å². The van der Waals surface area contributed by atoms with Gasteiger partial charge in [0.25, 0.3) is 23.3 Å². The summed E-state index contributed by atoms with van der Waals surface area (Å²) in [5.74, 6) is -0.718. The normalized spacial score (nSPS) is 19.0. The van der Waals surface area contributed by atoms with Crippen LogP contribution in [0.4, 0.5) is 23.1 Å². The van der Waals surface area contributed by atoms with Crippen molar-refractivity contribution in [1.82, 2.24) is 35.0 Å². The van der Waals surface area contributed by atoms with Crippen molar-refractivity contribution in [3.05, 3.63) is 75.2 Å². The molecule has 2 aromatic heterocycles. The second-order valence-electron chi connectivity index (χ2n) is 15.2. The molecule has 1 atom stereocenters. The SMILES string of the molecule is CCn1c(=O)c(OCC(=O)NC)cc2cc(Nc3nc(N4CCC(CN5CCN(c6ccc7c(c6)C(=O)N(C6CCC(=O)NC6=O)C7=O)CC5)CC4)ncc3Cl)ccc21. The van der Waals surface area contributed by atoms with Crippen LogP contribution in [0.15, 0.2) is 53.5 Å². The van der Waals surface area contributed by atoms with Crippen LogP contribution in [0.3, 0.4) is 0 Å². The second-order valence-corrected chi connectivity index (χ2v) is 15.6. The number of piperazine rings is 1. The number of rotatable bonds is 11. The summed E-state index contributed by atoms with van der Waals surface area (Å²) in [6, 6.07) is 11.5. The van der Waals surface area contributed by atoms with Gasteiger partial charge in [0, 0.05) is 82.6 Å². The van der Waals surface area contributed by atoms with Crippen molar-refractivity contribution in [3.8, 4) is 5.75 Å². The summed E-state index contributed by atoms with van der Waals surface area (Å²) in [6.45, 7) is 7.86. The van der Waals surface area contributed by atoms with Gasteiger partial charge in [-0.15, -0.1) is 0 Å². The fraction of sp³-hybridized carbons (Fsp3) is 0.415. The smallest absolute Gasteiger partial charge is 0.293 e. The Bertz CT molecular complexity index is 2410. The molecule has 1 unspecified atom stereocenters. The summed E-state index contributed by atoms with van der Waals surface area (Å²) in [4.78, 5) is 92.6. The third-order valence-electron chi connectivity index (χ3n) is 11.6. The topological polar surface area (TPSA) is 191 Å². The number of hydrogen-bond acceptors (Lipinski definition) is 13. The first-order valence-corrected chi connectivity index (χ1v) is 20.3. The summed E-state index contributed by atoms with van der Waals surface area (Å²) in [5.41, 5.74) is 2.56. The van der Waals surface area contributed by atoms with E-state index < -0.39 is 29.7 Å². The van der Waals surface area contributed by atoms with Crippen molar-refractivity contribution < 1.29 is 28.7 Å². The molecule has 5 amide bonds. The Kier molecular flexibility index (Phi) is 11.2. The number of imide groups is 2. The molecule has 4 aliphatic heterocycles. The van der Waals surface area contributed by atoms with Crippen molar-refractivity contribution in [1.29, 1.82) is 0 Å². The van der Waals surface area contributed by atoms with Gasteiger partial charge in [-0.05, 0) is 74.6 Å². The number of hydrogen-bond donors (Lipinski definition) is 3. The minimum absolute atomic E-state index is 0.0809. The van der Waals surface area contributed by atoms with E-state index in [0.29, 0.717) is 34.9 Å². The molecule has 4 aromatic rings. The molecular formula is C41H45ClN10O7. The van der Waals surface area contributed by atoms with Crippen LogP contribution in [0.2, 0.25) is 5.02 Å². The van der Waals surface area contributed by atoms with E-state index in [9.17, 15) is 28.8 Å². The number of piperidine rings is 2. The van der Waals surface area contributed by atoms with Gasteiger partial charge < -0.3 is 29.7 Å². The van der Waals surface area contributed by atoms with E-state index in [1.165, 1.54) is 7.05 Å². The molecular weight excluding hydrogens is 780 g/mol. The predicted octanol–water partition coefficient (Wildman–Crippen LogP) is 2.77. The van der Waals surface area contributed by atoms with E-state index in [1.807, 2.05) is 31.2 Å². The number of ether oxygens (including phenoxy) is 1. The van der Waals surface area contributed by atoms with Gasteiger partial charge in [0.15, 0.2) is 18.2 Å². The Morgan fingerprint density at radius 3 is 2.41 bits per heavy atom. The zero-order valence-corrected chi connectivity index (χ0v) is 33.6. The number of carbonyl (C=O) groups is 5. The summed E-state index contributed by atoms with van der Waals surface area (Å²) >= 11 is 6.57. The molecule has 59 heavy (non-hydrogen) atoms. The van der Waals surface area contributed by atoms with E-state index >= 15 is 0 Å². The van der Waals surface area contributed by atoms with Gasteiger partial charge in [0.1, 0.15) is 11.1 Å². The van der Waals surface area contributed by atoms with Gasteiger partial charge in [-0.3, -0.25) is 43.9 Å². The Hall–Kier alpha value is -6.07. The average Bonchev–Trinajstić information content (AvgIpc) is 3.49. The van der Waals surface area contributed by atoms with E-state index in [4.69, 9.17) is 21.3 Å². The van der Waals surface area contributed by atoms with Crippen molar-refractivity contribution in [3.63, 3.8) is 0 Å². The van der Waals surface area contributed by atoms with Gasteiger partial charge >= 0.3 is 0 Å². The Labute approximate surface area is 344 Å². The highest BCUT2D eigenvalue weighted by atomic mass is 35.5. The number of aromatic nitrogens is 3. The maximum Gasteiger partial charge on any atom is 0.293 e. The van der Waals surface area contributed by atoms with Crippen LogP contribution in [-0.2, 0) is 20.9 Å². The Morgan fingerprint density at radius 2 is 1.68 bits per heavy atom. The number of nitrogens with zero attached hydrogens (tertiary/aromatic N) is 7. The fourth-order valence-corrected chi connectivity index (χ4v) is 8.47. The second kappa shape index (κ2) is 16.7. The first-order chi connectivity index (χ1) is 28.5. The zero-order valence-electron chi connectivity index (χ0n) is 32.8. The number of nitrogens with one attached hydrogen (secondary N) is 3. The maximum atomic E-state index is 13.3. The zero-order chi connectivity index (χ0) is 41.4. The first kappa shape index (κ1) is 39.7. The number of amides is 5. The number of halogens is 1. The molecule has 0 aliphatic carbocycles. The lowest BCUT2D eigenvalue weighted by Gasteiger charge is -2.39. The fourth-order valence-electron chi connectivity index (χ4n) is 8.33. The van der Waals surface area contributed by atoms with Crippen molar-refractivity contribution in [2.24, 2.45) is 5.92 Å². The van der Waals surface area contributed by atoms with Gasteiger partial charge in [-0.2, -0.15) is 4.98 Å². The summed E-state index contributed by atoms with van der Waals surface area (Å²) in [5, 5.41) is 9.15.